The maximum atomic E-state index is 12.2. The monoisotopic (exact) mass is 360 g/mol. The van der Waals surface area contributed by atoms with Gasteiger partial charge < -0.3 is 14.5 Å². The van der Waals surface area contributed by atoms with Crippen LogP contribution in [0.5, 0.6) is 5.75 Å². The maximum Gasteiger partial charge on any atom is 0.316 e. The minimum absolute atomic E-state index is 0.0684. The van der Waals surface area contributed by atoms with Crippen LogP contribution in [0.2, 0.25) is 0 Å². The van der Waals surface area contributed by atoms with Crippen molar-refractivity contribution in [1.29, 1.82) is 0 Å². The molecule has 3 aromatic rings. The highest BCUT2D eigenvalue weighted by molar-refractivity contribution is 7.99. The van der Waals surface area contributed by atoms with Crippen LogP contribution in [-0.2, 0) is 9.53 Å². The SMILES string of the molecule is CCOC(=O)CSc1nc2c(cnn2-c2ccc(OC)cc2)c(=O)[nH]1. The summed E-state index contributed by atoms with van der Waals surface area (Å²) in [6, 6.07) is 7.23. The molecule has 0 saturated carbocycles. The molecule has 0 bridgehead atoms. The summed E-state index contributed by atoms with van der Waals surface area (Å²) in [6.45, 7) is 2.05. The van der Waals surface area contributed by atoms with Gasteiger partial charge >= 0.3 is 5.97 Å². The van der Waals surface area contributed by atoms with E-state index in [0.717, 1.165) is 23.2 Å². The first-order chi connectivity index (χ1) is 12.1. The van der Waals surface area contributed by atoms with E-state index >= 15 is 0 Å². The Morgan fingerprint density at radius 2 is 2.08 bits per heavy atom. The van der Waals surface area contributed by atoms with Crippen LogP contribution < -0.4 is 10.3 Å². The summed E-state index contributed by atoms with van der Waals surface area (Å²) in [5.74, 6) is 0.425. The normalized spacial score (nSPS) is 10.8. The van der Waals surface area contributed by atoms with Gasteiger partial charge in [-0.3, -0.25) is 9.59 Å². The quantitative estimate of drug-likeness (QED) is 0.406. The first-order valence-corrected chi connectivity index (χ1v) is 8.52. The number of esters is 1. The molecule has 0 atom stereocenters. The second-order valence-electron chi connectivity index (χ2n) is 4.96. The lowest BCUT2D eigenvalue weighted by molar-refractivity contribution is -0.139. The summed E-state index contributed by atoms with van der Waals surface area (Å²) in [6.07, 6.45) is 1.46. The van der Waals surface area contributed by atoms with Crippen LogP contribution in [0.1, 0.15) is 6.92 Å². The van der Waals surface area contributed by atoms with Gasteiger partial charge in [-0.1, -0.05) is 11.8 Å². The fourth-order valence-electron chi connectivity index (χ4n) is 2.21. The van der Waals surface area contributed by atoms with Gasteiger partial charge in [0.05, 0.1) is 31.4 Å². The highest BCUT2D eigenvalue weighted by Gasteiger charge is 2.13. The third-order valence-electron chi connectivity index (χ3n) is 3.37. The number of ether oxygens (including phenoxy) is 2. The van der Waals surface area contributed by atoms with E-state index in [1.54, 1.807) is 30.8 Å². The first-order valence-electron chi connectivity index (χ1n) is 7.53. The number of hydrogen-bond donors (Lipinski definition) is 1. The van der Waals surface area contributed by atoms with Crippen molar-refractivity contribution < 1.29 is 14.3 Å². The average Bonchev–Trinajstić information content (AvgIpc) is 3.05. The molecule has 1 N–H and O–H groups in total. The molecule has 130 valence electrons. The lowest BCUT2D eigenvalue weighted by Crippen LogP contribution is -2.12. The maximum absolute atomic E-state index is 12.2. The fraction of sp³-hybridized carbons (Fsp3) is 0.250. The fourth-order valence-corrected chi connectivity index (χ4v) is 2.86. The van der Waals surface area contributed by atoms with Gasteiger partial charge in [-0.25, -0.2) is 9.67 Å². The second kappa shape index (κ2) is 7.39. The number of carbonyl (C=O) groups is 1. The zero-order chi connectivity index (χ0) is 17.8. The van der Waals surface area contributed by atoms with E-state index in [4.69, 9.17) is 9.47 Å². The Balaban J connectivity index is 1.95. The van der Waals surface area contributed by atoms with Gasteiger partial charge in [0.25, 0.3) is 5.56 Å². The third kappa shape index (κ3) is 3.66. The summed E-state index contributed by atoms with van der Waals surface area (Å²) in [5, 5.41) is 4.95. The number of methoxy groups -OCH3 is 1. The van der Waals surface area contributed by atoms with Crippen molar-refractivity contribution >= 4 is 28.8 Å². The van der Waals surface area contributed by atoms with E-state index in [2.05, 4.69) is 15.1 Å². The van der Waals surface area contributed by atoms with Crippen molar-refractivity contribution in [2.24, 2.45) is 0 Å². The number of aromatic nitrogens is 4. The van der Waals surface area contributed by atoms with Gasteiger partial charge in [0, 0.05) is 0 Å². The van der Waals surface area contributed by atoms with Crippen molar-refractivity contribution in [3.8, 4) is 11.4 Å². The highest BCUT2D eigenvalue weighted by atomic mass is 32.2. The molecule has 2 aromatic heterocycles. The summed E-state index contributed by atoms with van der Waals surface area (Å²) >= 11 is 1.11. The van der Waals surface area contributed by atoms with Crippen LogP contribution in [-0.4, -0.2) is 45.2 Å². The van der Waals surface area contributed by atoms with Gasteiger partial charge in [-0.2, -0.15) is 5.10 Å². The van der Waals surface area contributed by atoms with E-state index in [0.29, 0.717) is 22.8 Å². The molecular weight excluding hydrogens is 344 g/mol. The van der Waals surface area contributed by atoms with Gasteiger partial charge in [-0.05, 0) is 31.2 Å². The number of nitrogens with zero attached hydrogens (tertiary/aromatic N) is 3. The Morgan fingerprint density at radius 3 is 2.76 bits per heavy atom. The zero-order valence-corrected chi connectivity index (χ0v) is 14.5. The topological polar surface area (TPSA) is 99.1 Å². The van der Waals surface area contributed by atoms with Gasteiger partial charge in [0.15, 0.2) is 10.8 Å². The number of fused-ring (bicyclic) bond motifs is 1. The Labute approximate surface area is 147 Å². The summed E-state index contributed by atoms with van der Waals surface area (Å²) in [5.41, 5.74) is 0.853. The van der Waals surface area contributed by atoms with E-state index in [1.165, 1.54) is 6.20 Å². The molecule has 0 aliphatic heterocycles. The summed E-state index contributed by atoms with van der Waals surface area (Å²) in [4.78, 5) is 30.7. The number of carbonyl (C=O) groups excluding carboxylic acids is 1. The zero-order valence-electron chi connectivity index (χ0n) is 13.7. The van der Waals surface area contributed by atoms with E-state index in [-0.39, 0.29) is 17.3 Å². The second-order valence-corrected chi connectivity index (χ2v) is 5.92. The van der Waals surface area contributed by atoms with Crippen LogP contribution in [0.4, 0.5) is 0 Å². The number of nitrogens with one attached hydrogen (secondary N) is 1. The lowest BCUT2D eigenvalue weighted by Gasteiger charge is -2.05. The largest absolute Gasteiger partial charge is 0.497 e. The number of thioether (sulfide) groups is 1. The van der Waals surface area contributed by atoms with Crippen molar-refractivity contribution in [1.82, 2.24) is 19.7 Å². The number of hydrogen-bond acceptors (Lipinski definition) is 7. The highest BCUT2D eigenvalue weighted by Crippen LogP contribution is 2.19. The molecule has 2 heterocycles. The number of aromatic amines is 1. The minimum Gasteiger partial charge on any atom is -0.497 e. The van der Waals surface area contributed by atoms with Gasteiger partial charge in [0.1, 0.15) is 11.1 Å². The predicted octanol–water partition coefficient (Wildman–Crippen LogP) is 1.77. The smallest absolute Gasteiger partial charge is 0.316 e. The Kier molecular flexibility index (Phi) is 5.03. The minimum atomic E-state index is -0.362. The Bertz CT molecular complexity index is 949. The van der Waals surface area contributed by atoms with Crippen LogP contribution in [0.3, 0.4) is 0 Å². The molecule has 0 amide bonds. The molecule has 0 radical (unpaired) electrons. The van der Waals surface area contributed by atoms with E-state index in [9.17, 15) is 9.59 Å². The van der Waals surface area contributed by atoms with Crippen molar-refractivity contribution in [2.75, 3.05) is 19.5 Å². The lowest BCUT2D eigenvalue weighted by atomic mass is 10.3. The van der Waals surface area contributed by atoms with Crippen LogP contribution in [0.25, 0.3) is 16.7 Å². The van der Waals surface area contributed by atoms with Gasteiger partial charge in [0.2, 0.25) is 0 Å². The molecule has 3 rings (SSSR count). The average molecular weight is 360 g/mol. The van der Waals surface area contributed by atoms with Crippen LogP contribution in [0, 0.1) is 0 Å². The first kappa shape index (κ1) is 17.0. The summed E-state index contributed by atoms with van der Waals surface area (Å²) < 4.78 is 11.6. The van der Waals surface area contributed by atoms with E-state index in [1.807, 2.05) is 12.1 Å². The van der Waals surface area contributed by atoms with Crippen molar-refractivity contribution in [2.45, 2.75) is 12.1 Å². The predicted molar refractivity (Wildman–Crippen MR) is 93.4 cm³/mol. The van der Waals surface area contributed by atoms with Gasteiger partial charge in [-0.15, -0.1) is 0 Å². The Hall–Kier alpha value is -2.81. The number of H-pyrrole nitrogens is 1. The summed E-state index contributed by atoms with van der Waals surface area (Å²) in [7, 11) is 1.59. The molecule has 1 aromatic carbocycles. The van der Waals surface area contributed by atoms with E-state index < -0.39 is 0 Å². The molecular formula is C16H16N4O4S. The molecule has 9 heteroatoms. The van der Waals surface area contributed by atoms with Crippen LogP contribution >= 0.6 is 11.8 Å². The molecule has 8 nitrogen and oxygen atoms in total. The number of benzene rings is 1. The Morgan fingerprint density at radius 1 is 1.32 bits per heavy atom. The molecule has 0 spiro atoms. The third-order valence-corrected chi connectivity index (χ3v) is 4.21. The molecule has 0 unspecified atom stereocenters. The molecule has 0 saturated heterocycles. The van der Waals surface area contributed by atoms with Crippen molar-refractivity contribution in [3.05, 3.63) is 40.8 Å². The standard InChI is InChI=1S/C16H16N4O4S/c1-3-24-13(21)9-25-16-18-14-12(15(22)19-16)8-17-20(14)10-4-6-11(23-2)7-5-10/h4-8H,3,9H2,1-2H3,(H,18,19,22). The molecule has 0 fully saturated rings. The molecule has 25 heavy (non-hydrogen) atoms. The molecule has 0 aliphatic carbocycles. The van der Waals surface area contributed by atoms with Crippen molar-refractivity contribution in [3.63, 3.8) is 0 Å². The molecule has 0 aliphatic rings. The van der Waals surface area contributed by atoms with Crippen LogP contribution in [0.15, 0.2) is 40.4 Å². The number of rotatable bonds is 6.